The number of hydrazone groups is 1. The zero-order valence-corrected chi connectivity index (χ0v) is 17.4. The molecule has 1 aliphatic carbocycles. The van der Waals surface area contributed by atoms with Gasteiger partial charge in [-0.3, -0.25) is 4.79 Å². The fraction of sp³-hybridized carbons (Fsp3) is 0.435. The van der Waals surface area contributed by atoms with Gasteiger partial charge in [0.25, 0.3) is 5.91 Å². The first kappa shape index (κ1) is 19.9. The number of hydrogen-bond donors (Lipinski definition) is 1. The molecule has 0 radical (unpaired) electrons. The molecule has 0 saturated carbocycles. The van der Waals surface area contributed by atoms with Gasteiger partial charge in [0, 0.05) is 62.0 Å². The predicted molar refractivity (Wildman–Crippen MR) is 115 cm³/mol. The summed E-state index contributed by atoms with van der Waals surface area (Å²) < 4.78 is 29.9. The summed E-state index contributed by atoms with van der Waals surface area (Å²) in [6, 6.07) is 4.18. The number of aromatic nitrogens is 2. The Morgan fingerprint density at radius 2 is 2.23 bits per heavy atom. The van der Waals surface area contributed by atoms with E-state index in [-0.39, 0.29) is 29.9 Å². The summed E-state index contributed by atoms with van der Waals surface area (Å²) in [5.74, 6) is -1.76. The molecular formula is C23H25F2N5O. The van der Waals surface area contributed by atoms with Crippen molar-refractivity contribution in [1.82, 2.24) is 19.9 Å². The van der Waals surface area contributed by atoms with E-state index >= 15 is 0 Å². The van der Waals surface area contributed by atoms with Gasteiger partial charge in [0.1, 0.15) is 11.5 Å². The van der Waals surface area contributed by atoms with E-state index in [9.17, 15) is 13.6 Å². The minimum absolute atomic E-state index is 0.0215. The molecule has 2 aromatic heterocycles. The lowest BCUT2D eigenvalue weighted by Gasteiger charge is -2.23. The standard InChI is InChI=1S/C23H25F2N5O/c1-14-7-15(13-30(14)23(31)19-3-2-4-20(24)21(19)25)12-29-6-5-16-8-17(9-26-22(16)29)18-10-27-28-11-18/h3,5-6,8-10,14-15,18,28H,2,4,7,11-13H2,1H3/t14-,15-,18?/m0/s1. The highest BCUT2D eigenvalue weighted by atomic mass is 19.2. The Hall–Kier alpha value is -3.03. The second kappa shape index (κ2) is 7.90. The Balaban J connectivity index is 1.30. The summed E-state index contributed by atoms with van der Waals surface area (Å²) in [7, 11) is 0. The van der Waals surface area contributed by atoms with E-state index in [1.807, 2.05) is 25.5 Å². The quantitative estimate of drug-likeness (QED) is 0.810. The maximum Gasteiger partial charge on any atom is 0.256 e. The number of nitrogens with one attached hydrogen (secondary N) is 1. The molecule has 0 aromatic carbocycles. The van der Waals surface area contributed by atoms with Crippen LogP contribution in [-0.2, 0) is 11.3 Å². The Kier molecular flexibility index (Phi) is 5.08. The van der Waals surface area contributed by atoms with Crippen molar-refractivity contribution in [2.75, 3.05) is 13.1 Å². The van der Waals surface area contributed by atoms with Crippen LogP contribution in [0, 0.1) is 5.92 Å². The third-order valence-corrected chi connectivity index (χ3v) is 6.50. The van der Waals surface area contributed by atoms with Crippen molar-refractivity contribution in [2.45, 2.75) is 44.7 Å². The SMILES string of the molecule is C[C@H]1C[C@@H](Cn2ccc3cc(C4C=NNC4)cnc32)CN1C(=O)C1=CCCC(F)=C1F. The maximum atomic E-state index is 14.2. The van der Waals surface area contributed by atoms with Crippen molar-refractivity contribution in [3.63, 3.8) is 0 Å². The number of likely N-dealkylation sites (tertiary alicyclic amines) is 1. The molecule has 31 heavy (non-hydrogen) atoms. The number of nitrogens with zero attached hydrogens (tertiary/aromatic N) is 4. The molecule has 4 heterocycles. The first-order valence-electron chi connectivity index (χ1n) is 10.8. The number of hydrogen-bond acceptors (Lipinski definition) is 4. The second-order valence-corrected chi connectivity index (χ2v) is 8.68. The number of carbonyl (C=O) groups is 1. The molecule has 8 heteroatoms. The molecule has 0 spiro atoms. The van der Waals surface area contributed by atoms with Gasteiger partial charge in [-0.25, -0.2) is 13.8 Å². The molecule has 1 fully saturated rings. The van der Waals surface area contributed by atoms with Crippen molar-refractivity contribution < 1.29 is 13.6 Å². The number of amides is 1. The average molecular weight is 425 g/mol. The van der Waals surface area contributed by atoms with Gasteiger partial charge < -0.3 is 14.9 Å². The third-order valence-electron chi connectivity index (χ3n) is 6.50. The molecule has 6 nitrogen and oxygen atoms in total. The normalized spacial score (nSPS) is 26.0. The van der Waals surface area contributed by atoms with Gasteiger partial charge in [0.15, 0.2) is 5.83 Å². The number of carbonyl (C=O) groups excluding carboxylic acids is 1. The third kappa shape index (κ3) is 3.64. The highest BCUT2D eigenvalue weighted by Gasteiger charge is 2.36. The van der Waals surface area contributed by atoms with Gasteiger partial charge >= 0.3 is 0 Å². The minimum Gasteiger partial charge on any atom is -0.336 e. The molecule has 2 aliphatic heterocycles. The van der Waals surface area contributed by atoms with Crippen molar-refractivity contribution in [3.8, 4) is 0 Å². The minimum atomic E-state index is -0.995. The zero-order valence-electron chi connectivity index (χ0n) is 17.4. The van der Waals surface area contributed by atoms with Gasteiger partial charge in [-0.2, -0.15) is 5.10 Å². The molecule has 0 bridgehead atoms. The van der Waals surface area contributed by atoms with Crippen LogP contribution >= 0.6 is 0 Å². The number of allylic oxidation sites excluding steroid dienone is 2. The first-order chi connectivity index (χ1) is 15.0. The topological polar surface area (TPSA) is 62.5 Å². The highest BCUT2D eigenvalue weighted by Crippen LogP contribution is 2.33. The number of fused-ring (bicyclic) bond motifs is 1. The van der Waals surface area contributed by atoms with Crippen LogP contribution in [0.4, 0.5) is 8.78 Å². The molecule has 3 aliphatic rings. The van der Waals surface area contributed by atoms with Crippen LogP contribution in [0.5, 0.6) is 0 Å². The first-order valence-corrected chi connectivity index (χ1v) is 10.8. The summed E-state index contributed by atoms with van der Waals surface area (Å²) in [4.78, 5) is 19.2. The molecule has 1 amide bonds. The number of halogens is 2. The highest BCUT2D eigenvalue weighted by molar-refractivity contribution is 5.98. The molecular weight excluding hydrogens is 400 g/mol. The Morgan fingerprint density at radius 3 is 3.03 bits per heavy atom. The average Bonchev–Trinajstić information content (AvgIpc) is 3.50. The molecule has 162 valence electrons. The molecule has 1 N–H and O–H groups in total. The van der Waals surface area contributed by atoms with Gasteiger partial charge in [-0.1, -0.05) is 6.08 Å². The second-order valence-electron chi connectivity index (χ2n) is 8.68. The van der Waals surface area contributed by atoms with E-state index in [1.165, 1.54) is 6.08 Å². The summed E-state index contributed by atoms with van der Waals surface area (Å²) in [5, 5.41) is 5.15. The molecule has 1 unspecified atom stereocenters. The van der Waals surface area contributed by atoms with Crippen LogP contribution in [0.3, 0.4) is 0 Å². The van der Waals surface area contributed by atoms with Crippen LogP contribution in [0.2, 0.25) is 0 Å². The van der Waals surface area contributed by atoms with E-state index in [0.29, 0.717) is 13.0 Å². The van der Waals surface area contributed by atoms with Crippen LogP contribution in [0.15, 0.2) is 52.9 Å². The Morgan fingerprint density at radius 1 is 1.35 bits per heavy atom. The Labute approximate surface area is 179 Å². The van der Waals surface area contributed by atoms with Crippen molar-refractivity contribution in [1.29, 1.82) is 0 Å². The monoisotopic (exact) mass is 425 g/mol. The maximum absolute atomic E-state index is 14.2. The predicted octanol–water partition coefficient (Wildman–Crippen LogP) is 3.82. The summed E-state index contributed by atoms with van der Waals surface area (Å²) in [5.41, 5.74) is 4.89. The van der Waals surface area contributed by atoms with Gasteiger partial charge in [-0.05, 0) is 43.4 Å². The molecule has 3 atom stereocenters. The van der Waals surface area contributed by atoms with Crippen molar-refractivity contribution >= 4 is 23.2 Å². The molecule has 1 saturated heterocycles. The molecule has 5 rings (SSSR count). The summed E-state index contributed by atoms with van der Waals surface area (Å²) in [6.07, 6.45) is 8.55. The lowest BCUT2D eigenvalue weighted by Crippen LogP contribution is -2.35. The lowest BCUT2D eigenvalue weighted by molar-refractivity contribution is -0.127. The lowest BCUT2D eigenvalue weighted by atomic mass is 10.0. The van der Waals surface area contributed by atoms with Crippen molar-refractivity contribution in [3.05, 3.63) is 53.4 Å². The van der Waals surface area contributed by atoms with Gasteiger partial charge in [0.2, 0.25) is 0 Å². The van der Waals surface area contributed by atoms with E-state index < -0.39 is 17.6 Å². The van der Waals surface area contributed by atoms with Gasteiger partial charge in [0.05, 0.1) is 5.57 Å². The number of rotatable bonds is 4. The number of pyridine rings is 1. The van der Waals surface area contributed by atoms with Crippen molar-refractivity contribution in [2.24, 2.45) is 11.0 Å². The van der Waals surface area contributed by atoms with Crippen LogP contribution in [0.1, 0.15) is 37.7 Å². The fourth-order valence-electron chi connectivity index (χ4n) is 4.86. The van der Waals surface area contributed by atoms with E-state index in [2.05, 4.69) is 32.2 Å². The fourth-order valence-corrected chi connectivity index (χ4v) is 4.86. The summed E-state index contributed by atoms with van der Waals surface area (Å²) >= 11 is 0. The largest absolute Gasteiger partial charge is 0.336 e. The smallest absolute Gasteiger partial charge is 0.256 e. The summed E-state index contributed by atoms with van der Waals surface area (Å²) in [6.45, 7) is 4.00. The zero-order chi connectivity index (χ0) is 21.5. The van der Waals surface area contributed by atoms with Crippen LogP contribution in [0.25, 0.3) is 11.0 Å². The van der Waals surface area contributed by atoms with Gasteiger partial charge in [-0.15, -0.1) is 0 Å². The van der Waals surface area contributed by atoms with Crippen LogP contribution < -0.4 is 5.43 Å². The van der Waals surface area contributed by atoms with E-state index in [4.69, 9.17) is 0 Å². The van der Waals surface area contributed by atoms with E-state index in [0.717, 1.165) is 36.1 Å². The Bertz CT molecular complexity index is 1120. The van der Waals surface area contributed by atoms with Crippen LogP contribution in [-0.4, -0.2) is 45.7 Å². The van der Waals surface area contributed by atoms with E-state index in [1.54, 1.807) is 4.90 Å². The molecule has 2 aromatic rings.